The Kier molecular flexibility index (Phi) is 4.97. The number of methoxy groups -OCH3 is 1. The van der Waals surface area contributed by atoms with E-state index in [0.717, 1.165) is 37.3 Å². The first-order valence-electron chi connectivity index (χ1n) is 6.29. The van der Waals surface area contributed by atoms with Gasteiger partial charge in [-0.05, 0) is 28.9 Å². The predicted molar refractivity (Wildman–Crippen MR) is 77.1 cm³/mol. The molecule has 1 aliphatic heterocycles. The van der Waals surface area contributed by atoms with Gasteiger partial charge in [0.25, 0.3) is 0 Å². The van der Waals surface area contributed by atoms with Crippen molar-refractivity contribution in [2.75, 3.05) is 44.8 Å². The number of anilines is 1. The van der Waals surface area contributed by atoms with Crippen LogP contribution in [-0.2, 0) is 4.74 Å². The minimum atomic E-state index is 0.498. The molecule has 0 amide bonds. The van der Waals surface area contributed by atoms with Crippen molar-refractivity contribution in [3.05, 3.63) is 22.9 Å². The summed E-state index contributed by atoms with van der Waals surface area (Å²) in [4.78, 5) is 9.08. The molecule has 1 saturated heterocycles. The molecule has 18 heavy (non-hydrogen) atoms. The molecule has 2 rings (SSSR count). The Labute approximate surface area is 117 Å². The second-order valence-electron chi connectivity index (χ2n) is 4.69. The Morgan fingerprint density at radius 3 is 2.67 bits per heavy atom. The molecule has 1 unspecified atom stereocenters. The first-order chi connectivity index (χ1) is 8.70. The molecular formula is C13H20BrN3O. The van der Waals surface area contributed by atoms with Gasteiger partial charge in [0.2, 0.25) is 0 Å². The summed E-state index contributed by atoms with van der Waals surface area (Å²) < 4.78 is 6.25. The Morgan fingerprint density at radius 2 is 2.06 bits per heavy atom. The molecule has 0 saturated carbocycles. The average Bonchev–Trinajstić information content (AvgIpc) is 2.39. The molecule has 5 heteroatoms. The summed E-state index contributed by atoms with van der Waals surface area (Å²) in [7, 11) is 1.76. The molecule has 1 aromatic rings. The Hall–Kier alpha value is -0.650. The quantitative estimate of drug-likeness (QED) is 0.850. The summed E-state index contributed by atoms with van der Waals surface area (Å²) in [5.74, 6) is 0. The summed E-state index contributed by atoms with van der Waals surface area (Å²) in [6, 6.07) is 2.62. The Morgan fingerprint density at radius 1 is 1.33 bits per heavy atom. The highest BCUT2D eigenvalue weighted by atomic mass is 79.9. The lowest BCUT2D eigenvalue weighted by Crippen LogP contribution is -2.50. The molecule has 1 fully saturated rings. The maximum atomic E-state index is 5.21. The van der Waals surface area contributed by atoms with Crippen LogP contribution >= 0.6 is 15.9 Å². The minimum Gasteiger partial charge on any atom is -0.383 e. The molecule has 1 aromatic heterocycles. The van der Waals surface area contributed by atoms with Gasteiger partial charge in [-0.1, -0.05) is 0 Å². The zero-order chi connectivity index (χ0) is 13.0. The first kappa shape index (κ1) is 13.8. The number of piperazine rings is 1. The van der Waals surface area contributed by atoms with E-state index in [4.69, 9.17) is 4.74 Å². The van der Waals surface area contributed by atoms with Crippen molar-refractivity contribution < 1.29 is 4.74 Å². The molecule has 0 spiro atoms. The fourth-order valence-corrected chi connectivity index (χ4v) is 2.69. The second kappa shape index (κ2) is 6.50. The van der Waals surface area contributed by atoms with Crippen LogP contribution in [0.1, 0.15) is 6.92 Å². The molecule has 100 valence electrons. The van der Waals surface area contributed by atoms with Crippen molar-refractivity contribution in [2.45, 2.75) is 13.0 Å². The Bertz CT molecular complexity index is 380. The van der Waals surface area contributed by atoms with Gasteiger partial charge < -0.3 is 9.64 Å². The van der Waals surface area contributed by atoms with Crippen LogP contribution in [0.15, 0.2) is 22.9 Å². The summed E-state index contributed by atoms with van der Waals surface area (Å²) in [6.07, 6.45) is 3.75. The van der Waals surface area contributed by atoms with E-state index in [2.05, 4.69) is 43.7 Å². The minimum absolute atomic E-state index is 0.498. The largest absolute Gasteiger partial charge is 0.383 e. The summed E-state index contributed by atoms with van der Waals surface area (Å²) in [5.41, 5.74) is 1.20. The van der Waals surface area contributed by atoms with E-state index < -0.39 is 0 Å². The van der Waals surface area contributed by atoms with Crippen LogP contribution < -0.4 is 4.90 Å². The molecule has 0 N–H and O–H groups in total. The van der Waals surface area contributed by atoms with Gasteiger partial charge in [0.15, 0.2) is 0 Å². The third kappa shape index (κ3) is 3.43. The second-order valence-corrected chi connectivity index (χ2v) is 5.60. The molecule has 1 atom stereocenters. The zero-order valence-electron chi connectivity index (χ0n) is 11.0. The number of nitrogens with zero attached hydrogens (tertiary/aromatic N) is 3. The van der Waals surface area contributed by atoms with E-state index in [1.54, 1.807) is 7.11 Å². The SMILES string of the molecule is COCC(C)N1CCN(c2cncc(Br)c2)CC1. The topological polar surface area (TPSA) is 28.6 Å². The smallest absolute Gasteiger partial charge is 0.0615 e. The van der Waals surface area contributed by atoms with E-state index in [9.17, 15) is 0 Å². The molecule has 4 nitrogen and oxygen atoms in total. The summed E-state index contributed by atoms with van der Waals surface area (Å²) in [6.45, 7) is 7.28. The van der Waals surface area contributed by atoms with Crippen LogP contribution in [0.25, 0.3) is 0 Å². The van der Waals surface area contributed by atoms with Crippen molar-refractivity contribution in [1.29, 1.82) is 0 Å². The van der Waals surface area contributed by atoms with Gasteiger partial charge in [-0.15, -0.1) is 0 Å². The van der Waals surface area contributed by atoms with Crippen molar-refractivity contribution in [1.82, 2.24) is 9.88 Å². The van der Waals surface area contributed by atoms with Crippen LogP contribution in [0.4, 0.5) is 5.69 Å². The van der Waals surface area contributed by atoms with Crippen molar-refractivity contribution in [3.63, 3.8) is 0 Å². The number of hydrogen-bond acceptors (Lipinski definition) is 4. The van der Waals surface area contributed by atoms with Gasteiger partial charge in [0, 0.05) is 50.0 Å². The zero-order valence-corrected chi connectivity index (χ0v) is 12.6. The highest BCUT2D eigenvalue weighted by Crippen LogP contribution is 2.20. The lowest BCUT2D eigenvalue weighted by atomic mass is 10.2. The lowest BCUT2D eigenvalue weighted by Gasteiger charge is -2.38. The lowest BCUT2D eigenvalue weighted by molar-refractivity contribution is 0.0953. The van der Waals surface area contributed by atoms with Crippen molar-refractivity contribution in [2.24, 2.45) is 0 Å². The number of aromatic nitrogens is 1. The standard InChI is InChI=1S/C13H20BrN3O/c1-11(10-18-2)16-3-5-17(6-4-16)13-7-12(14)8-15-9-13/h7-9,11H,3-6,10H2,1-2H3. The summed E-state index contributed by atoms with van der Waals surface area (Å²) in [5, 5.41) is 0. The molecule has 0 bridgehead atoms. The van der Waals surface area contributed by atoms with Gasteiger partial charge in [0.05, 0.1) is 18.5 Å². The maximum Gasteiger partial charge on any atom is 0.0615 e. The van der Waals surface area contributed by atoms with Gasteiger partial charge in [-0.3, -0.25) is 9.88 Å². The van der Waals surface area contributed by atoms with Crippen LogP contribution in [0, 0.1) is 0 Å². The van der Waals surface area contributed by atoms with E-state index >= 15 is 0 Å². The van der Waals surface area contributed by atoms with Gasteiger partial charge in [-0.2, -0.15) is 0 Å². The number of halogens is 1. The van der Waals surface area contributed by atoms with Crippen LogP contribution in [0.3, 0.4) is 0 Å². The predicted octanol–water partition coefficient (Wildman–Crippen LogP) is 2.00. The third-order valence-corrected chi connectivity index (χ3v) is 3.83. The molecular weight excluding hydrogens is 294 g/mol. The first-order valence-corrected chi connectivity index (χ1v) is 7.08. The number of rotatable bonds is 4. The van der Waals surface area contributed by atoms with Crippen LogP contribution in [0.2, 0.25) is 0 Å². The van der Waals surface area contributed by atoms with Crippen molar-refractivity contribution in [3.8, 4) is 0 Å². The molecule has 0 aliphatic carbocycles. The summed E-state index contributed by atoms with van der Waals surface area (Å²) >= 11 is 3.47. The van der Waals surface area contributed by atoms with Gasteiger partial charge >= 0.3 is 0 Å². The molecule has 2 heterocycles. The highest BCUT2D eigenvalue weighted by Gasteiger charge is 2.21. The number of hydrogen-bond donors (Lipinski definition) is 0. The molecule has 0 radical (unpaired) electrons. The van der Waals surface area contributed by atoms with Gasteiger partial charge in [-0.25, -0.2) is 0 Å². The molecule has 0 aromatic carbocycles. The monoisotopic (exact) mass is 313 g/mol. The average molecular weight is 314 g/mol. The maximum absolute atomic E-state index is 5.21. The molecule has 1 aliphatic rings. The van der Waals surface area contributed by atoms with Crippen molar-refractivity contribution >= 4 is 21.6 Å². The Balaban J connectivity index is 1.90. The fraction of sp³-hybridized carbons (Fsp3) is 0.615. The number of ether oxygens (including phenoxy) is 1. The third-order valence-electron chi connectivity index (χ3n) is 3.40. The number of pyridine rings is 1. The normalized spacial score (nSPS) is 18.9. The van der Waals surface area contributed by atoms with E-state index in [0.29, 0.717) is 6.04 Å². The van der Waals surface area contributed by atoms with E-state index in [1.165, 1.54) is 5.69 Å². The van der Waals surface area contributed by atoms with Crippen LogP contribution in [0.5, 0.6) is 0 Å². The highest BCUT2D eigenvalue weighted by molar-refractivity contribution is 9.10. The van der Waals surface area contributed by atoms with E-state index in [-0.39, 0.29) is 0 Å². The fourth-order valence-electron chi connectivity index (χ4n) is 2.34. The van der Waals surface area contributed by atoms with Crippen LogP contribution in [-0.4, -0.2) is 55.8 Å². The van der Waals surface area contributed by atoms with Gasteiger partial charge in [0.1, 0.15) is 0 Å². The van der Waals surface area contributed by atoms with E-state index in [1.807, 2.05) is 12.4 Å².